The Morgan fingerprint density at radius 3 is 1.41 bits per heavy atom. The first-order chi connectivity index (χ1) is 10.7. The molecule has 0 amide bonds. The molecule has 0 fully saturated rings. The molecule has 0 atom stereocenters. The van der Waals surface area contributed by atoms with Crippen molar-refractivity contribution in [1.29, 1.82) is 0 Å². The lowest BCUT2D eigenvalue weighted by atomic mass is 10.1. The summed E-state index contributed by atoms with van der Waals surface area (Å²) in [6.07, 6.45) is 7.75. The topological polar surface area (TPSA) is 36.9 Å². The summed E-state index contributed by atoms with van der Waals surface area (Å²) in [6.45, 7) is 13.2. The predicted octanol–water partition coefficient (Wildman–Crippen LogP) is 3.70. The molecule has 0 N–H and O–H groups in total. The summed E-state index contributed by atoms with van der Waals surface area (Å²) in [5.74, 6) is 0. The summed E-state index contributed by atoms with van der Waals surface area (Å²) in [5, 5.41) is 0. The van der Waals surface area contributed by atoms with Gasteiger partial charge in [0.2, 0.25) is 0 Å². The quantitative estimate of drug-likeness (QED) is 0.353. The highest BCUT2D eigenvalue weighted by Gasteiger charge is 2.39. The van der Waals surface area contributed by atoms with Gasteiger partial charge < -0.3 is 17.7 Å². The van der Waals surface area contributed by atoms with Gasteiger partial charge in [-0.2, -0.15) is 0 Å². The highest BCUT2D eigenvalue weighted by Crippen LogP contribution is 2.20. The van der Waals surface area contributed by atoms with Crippen molar-refractivity contribution in [1.82, 2.24) is 0 Å². The largest absolute Gasteiger partial charge is 0.500 e. The first-order valence-corrected chi connectivity index (χ1v) is 11.8. The summed E-state index contributed by atoms with van der Waals surface area (Å²) < 4.78 is 22.2. The molecule has 6 heteroatoms. The number of rotatable bonds is 14. The van der Waals surface area contributed by atoms with Crippen LogP contribution in [0, 0.1) is 0 Å². The zero-order valence-corrected chi connectivity index (χ0v) is 18.9. The molecule has 0 rings (SSSR count). The van der Waals surface area contributed by atoms with Crippen LogP contribution in [-0.2, 0) is 17.7 Å². The van der Waals surface area contributed by atoms with Crippen LogP contribution in [0.2, 0.25) is 6.04 Å². The first-order valence-electron chi connectivity index (χ1n) is 9.06. The van der Waals surface area contributed by atoms with E-state index in [-0.39, 0.29) is 0 Å². The average Bonchev–Trinajstić information content (AvgIpc) is 2.52. The molecule has 0 heterocycles. The third kappa shape index (κ3) is 15.2. The lowest BCUT2D eigenvalue weighted by molar-refractivity contribution is 0.0706. The maximum Gasteiger partial charge on any atom is 0.500 e. The van der Waals surface area contributed by atoms with Gasteiger partial charge in [0.05, 0.1) is 0 Å². The molecular weight excluding hydrogens is 312 g/mol. The van der Waals surface area contributed by atoms with Crippen molar-refractivity contribution >= 4 is 19.3 Å². The molecule has 0 unspecified atom stereocenters. The fourth-order valence-corrected chi connectivity index (χ4v) is 4.81. The predicted molar refractivity (Wildman–Crippen MR) is 100 cm³/mol. The Bertz CT molecular complexity index is 188. The molecule has 0 aromatic rings. The minimum atomic E-state index is -2.36. The molecule has 0 aliphatic heterocycles. The van der Waals surface area contributed by atoms with Crippen LogP contribution < -0.4 is 0 Å². The second kappa shape index (κ2) is 19.3. The van der Waals surface area contributed by atoms with E-state index in [4.69, 9.17) is 13.3 Å². The summed E-state index contributed by atoms with van der Waals surface area (Å²) >= 11 is 0. The van der Waals surface area contributed by atoms with E-state index in [1.54, 1.807) is 0 Å². The van der Waals surface area contributed by atoms with Crippen molar-refractivity contribution < 1.29 is 17.7 Å². The summed E-state index contributed by atoms with van der Waals surface area (Å²) in [5.41, 5.74) is 0. The Hall–Kier alpha value is 0.274. The van der Waals surface area contributed by atoms with Crippen molar-refractivity contribution in [3.8, 4) is 0 Å². The monoisotopic (exact) mass is 352 g/mol. The Labute approximate surface area is 143 Å². The van der Waals surface area contributed by atoms with E-state index in [0.29, 0.717) is 19.8 Å². The van der Waals surface area contributed by atoms with E-state index < -0.39 is 8.80 Å². The van der Waals surface area contributed by atoms with E-state index >= 15 is 0 Å². The van der Waals surface area contributed by atoms with Gasteiger partial charge in [0.25, 0.3) is 0 Å². The molecular formula is C16H40O4Si2. The van der Waals surface area contributed by atoms with Crippen molar-refractivity contribution in [2.75, 3.05) is 26.4 Å². The van der Waals surface area contributed by atoms with Gasteiger partial charge in [0.1, 0.15) is 10.5 Å². The van der Waals surface area contributed by atoms with Gasteiger partial charge in [-0.05, 0) is 34.1 Å². The van der Waals surface area contributed by atoms with Gasteiger partial charge in [0.15, 0.2) is 0 Å². The molecule has 0 saturated carbocycles. The molecule has 136 valence electrons. The van der Waals surface area contributed by atoms with Gasteiger partial charge >= 0.3 is 8.80 Å². The van der Waals surface area contributed by atoms with Crippen LogP contribution in [-0.4, -0.2) is 45.7 Å². The molecule has 0 radical (unpaired) electrons. The van der Waals surface area contributed by atoms with Crippen LogP contribution in [0.5, 0.6) is 0 Å². The molecule has 0 aromatic carbocycles. The number of hydrogen-bond donors (Lipinski definition) is 0. The minimum absolute atomic E-state index is 0.683. The Morgan fingerprint density at radius 1 is 0.636 bits per heavy atom. The lowest BCUT2D eigenvalue weighted by Crippen LogP contribution is -2.45. The second-order valence-corrected chi connectivity index (χ2v) is 8.39. The van der Waals surface area contributed by atoms with Crippen molar-refractivity contribution in [2.45, 2.75) is 79.2 Å². The van der Waals surface area contributed by atoms with Crippen LogP contribution in [0.15, 0.2) is 0 Å². The maximum atomic E-state index is 5.83. The lowest BCUT2D eigenvalue weighted by Gasteiger charge is -2.28. The first kappa shape index (κ1) is 24.5. The SMILES string of the molecule is CCCCCCCC[Si](OCC)(OCC)OCC.CCO[SiH3]. The molecule has 0 saturated heterocycles. The third-order valence-electron chi connectivity index (χ3n) is 3.22. The van der Waals surface area contributed by atoms with E-state index in [9.17, 15) is 0 Å². The Balaban J connectivity index is 0. The highest BCUT2D eigenvalue weighted by molar-refractivity contribution is 6.60. The highest BCUT2D eigenvalue weighted by atomic mass is 28.4. The number of hydrogen-bond acceptors (Lipinski definition) is 4. The fraction of sp³-hybridized carbons (Fsp3) is 1.00. The Kier molecular flexibility index (Phi) is 21.5. The average molecular weight is 353 g/mol. The van der Waals surface area contributed by atoms with Gasteiger partial charge in [-0.25, -0.2) is 0 Å². The molecule has 0 aliphatic rings. The van der Waals surface area contributed by atoms with Gasteiger partial charge in [-0.1, -0.05) is 39.0 Å². The van der Waals surface area contributed by atoms with Crippen molar-refractivity contribution in [2.24, 2.45) is 0 Å². The molecule has 0 spiro atoms. The molecule has 0 bridgehead atoms. The molecule has 0 aliphatic carbocycles. The zero-order chi connectivity index (χ0) is 17.1. The number of unbranched alkanes of at least 4 members (excludes halogenated alkanes) is 5. The smallest absolute Gasteiger partial charge is 0.428 e. The van der Waals surface area contributed by atoms with Crippen LogP contribution in [0.4, 0.5) is 0 Å². The van der Waals surface area contributed by atoms with Crippen LogP contribution in [0.3, 0.4) is 0 Å². The molecule has 4 nitrogen and oxygen atoms in total. The van der Waals surface area contributed by atoms with E-state index in [2.05, 4.69) is 11.3 Å². The van der Waals surface area contributed by atoms with E-state index in [1.165, 1.54) is 32.1 Å². The van der Waals surface area contributed by atoms with Crippen LogP contribution in [0.1, 0.15) is 73.1 Å². The van der Waals surface area contributed by atoms with Gasteiger partial charge in [-0.3, -0.25) is 0 Å². The van der Waals surface area contributed by atoms with Gasteiger partial charge in [-0.15, -0.1) is 0 Å². The van der Waals surface area contributed by atoms with E-state index in [0.717, 1.165) is 29.6 Å². The minimum Gasteiger partial charge on any atom is -0.428 e. The normalized spacial score (nSPS) is 11.3. The van der Waals surface area contributed by atoms with Crippen LogP contribution >= 0.6 is 0 Å². The zero-order valence-electron chi connectivity index (χ0n) is 15.9. The van der Waals surface area contributed by atoms with Crippen molar-refractivity contribution in [3.63, 3.8) is 0 Å². The third-order valence-corrected chi connectivity index (χ3v) is 6.95. The van der Waals surface area contributed by atoms with Gasteiger partial charge in [0, 0.05) is 32.5 Å². The summed E-state index contributed by atoms with van der Waals surface area (Å²) in [4.78, 5) is 0. The van der Waals surface area contributed by atoms with E-state index in [1.807, 2.05) is 27.7 Å². The fourth-order valence-electron chi connectivity index (χ4n) is 2.12. The molecule has 22 heavy (non-hydrogen) atoms. The summed E-state index contributed by atoms with van der Waals surface area (Å²) in [6, 6.07) is 0.967. The maximum absolute atomic E-state index is 5.83. The second-order valence-electron chi connectivity index (χ2n) is 5.08. The standard InChI is InChI=1S/C14H32O3Si.C2H8OSi/c1-5-9-10-11-12-13-14-18(15-6-2,16-7-3)17-8-4;1-2-3-4/h5-14H2,1-4H3;2H2,1,4H3. The molecule has 0 aromatic heterocycles. The Morgan fingerprint density at radius 2 is 1.05 bits per heavy atom. The van der Waals surface area contributed by atoms with Crippen LogP contribution in [0.25, 0.3) is 0 Å². The van der Waals surface area contributed by atoms with Crippen molar-refractivity contribution in [3.05, 3.63) is 0 Å². The summed E-state index contributed by atoms with van der Waals surface area (Å²) in [7, 11) is -1.47.